The Hall–Kier alpha value is -3.82. The molecule has 0 unspecified atom stereocenters. The second kappa shape index (κ2) is 19.7. The average Bonchev–Trinajstić information content (AvgIpc) is 3.60. The predicted octanol–water partition coefficient (Wildman–Crippen LogP) is 10.00. The predicted molar refractivity (Wildman–Crippen MR) is 214 cm³/mol. The summed E-state index contributed by atoms with van der Waals surface area (Å²) in [5.41, 5.74) is 5.20. The number of aryl methyl sites for hydroxylation is 1. The monoisotopic (exact) mass is 750 g/mol. The van der Waals surface area contributed by atoms with Gasteiger partial charge in [-0.25, -0.2) is 0 Å². The smallest absolute Gasteiger partial charge is 0.305 e. The summed E-state index contributed by atoms with van der Waals surface area (Å²) >= 11 is 0. The zero-order chi connectivity index (χ0) is 40.2. The first-order valence-corrected chi connectivity index (χ1v) is 19.5. The Morgan fingerprint density at radius 1 is 0.741 bits per heavy atom. The number of carbonyl (C=O) groups is 2. The van der Waals surface area contributed by atoms with Crippen molar-refractivity contribution in [3.05, 3.63) is 76.4 Å². The highest BCUT2D eigenvalue weighted by molar-refractivity contribution is 5.70. The van der Waals surface area contributed by atoms with Gasteiger partial charge < -0.3 is 33.9 Å². The van der Waals surface area contributed by atoms with Crippen molar-refractivity contribution in [1.29, 1.82) is 0 Å². The maximum atomic E-state index is 11.4. The highest BCUT2D eigenvalue weighted by Crippen LogP contribution is 2.51. The normalized spacial score (nSPS) is 16.4. The molecule has 0 aromatic heterocycles. The minimum atomic E-state index is -0.768. The van der Waals surface area contributed by atoms with Crippen LogP contribution in [0.1, 0.15) is 118 Å². The van der Waals surface area contributed by atoms with Crippen LogP contribution < -0.4 is 0 Å². The van der Waals surface area contributed by atoms with E-state index in [1.54, 1.807) is 12.1 Å². The summed E-state index contributed by atoms with van der Waals surface area (Å²) in [6.45, 7) is 25.6. The van der Waals surface area contributed by atoms with E-state index in [2.05, 4.69) is 86.6 Å². The van der Waals surface area contributed by atoms with Crippen molar-refractivity contribution in [2.45, 2.75) is 108 Å². The average molecular weight is 751 g/mol. The van der Waals surface area contributed by atoms with E-state index in [9.17, 15) is 14.7 Å². The van der Waals surface area contributed by atoms with Crippen molar-refractivity contribution in [2.75, 3.05) is 46.2 Å². The number of carbonyl (C=O) groups excluding carboxylic acids is 1. The molecule has 54 heavy (non-hydrogen) atoms. The number of rotatable bonds is 19. The standard InChI is InChI=1S/C24H36O4.C21H30O5/c1-7-27-20(25)13-8-9-14-26-16-23(3,4)22-21(28-17-24(22,5)6)19-12-10-11-18(2)15-19;1-20(2,13-25-11-6-5-10-17(23)24)19-18(26-14-21(19,3)4)15-8-7-9-16(22)12-15/h10-12,15H,7-9,13-14,16-17H2,1-6H3;7-9,12,22H,5-6,10-11,13-14H2,1-4H3,(H,23,24). The molecule has 0 saturated carbocycles. The van der Waals surface area contributed by atoms with Crippen LogP contribution in [0.15, 0.2) is 59.7 Å². The van der Waals surface area contributed by atoms with Gasteiger partial charge in [-0.05, 0) is 68.9 Å². The van der Waals surface area contributed by atoms with E-state index in [0.717, 1.165) is 41.9 Å². The number of carboxylic acids is 1. The Morgan fingerprint density at radius 2 is 1.22 bits per heavy atom. The minimum Gasteiger partial charge on any atom is -0.508 e. The number of carboxylic acid groups (broad SMARTS) is 1. The van der Waals surface area contributed by atoms with Crippen LogP contribution in [0.5, 0.6) is 5.75 Å². The lowest BCUT2D eigenvalue weighted by Gasteiger charge is -2.34. The van der Waals surface area contributed by atoms with Crippen molar-refractivity contribution in [3.63, 3.8) is 0 Å². The first-order chi connectivity index (χ1) is 25.3. The number of hydrogen-bond acceptors (Lipinski definition) is 8. The molecule has 0 atom stereocenters. The van der Waals surface area contributed by atoms with Gasteiger partial charge in [-0.1, -0.05) is 91.3 Å². The second-order valence-corrected chi connectivity index (χ2v) is 17.2. The Bertz CT molecular complexity index is 1610. The fourth-order valence-corrected chi connectivity index (χ4v) is 7.73. The van der Waals surface area contributed by atoms with Crippen LogP contribution in [0.25, 0.3) is 11.5 Å². The third-order valence-corrected chi connectivity index (χ3v) is 9.78. The zero-order valence-electron chi connectivity index (χ0n) is 34.6. The van der Waals surface area contributed by atoms with Gasteiger partial charge in [0.15, 0.2) is 0 Å². The fraction of sp³-hybridized carbons (Fsp3) is 0.600. The van der Waals surface area contributed by atoms with Gasteiger partial charge in [0.2, 0.25) is 0 Å². The van der Waals surface area contributed by atoms with Crippen LogP contribution in [0.2, 0.25) is 0 Å². The molecule has 0 aliphatic carbocycles. The van der Waals surface area contributed by atoms with E-state index in [-0.39, 0.29) is 39.8 Å². The SMILES string of the molecule is CC(C)(COCCCCC(=O)O)C1=C(c2cccc(O)c2)OCC1(C)C.CCOC(=O)CCCCOCC(C)(C)C1=C(c2cccc(C)c2)OCC1(C)C. The third kappa shape index (κ3) is 12.9. The van der Waals surface area contributed by atoms with Crippen molar-refractivity contribution < 1.29 is 43.5 Å². The first kappa shape index (κ1) is 44.6. The van der Waals surface area contributed by atoms with Crippen LogP contribution in [0, 0.1) is 28.6 Å². The number of ether oxygens (including phenoxy) is 5. The molecule has 300 valence electrons. The zero-order valence-corrected chi connectivity index (χ0v) is 34.6. The third-order valence-electron chi connectivity index (χ3n) is 9.78. The highest BCUT2D eigenvalue weighted by atomic mass is 16.5. The van der Waals surface area contributed by atoms with Gasteiger partial charge in [0, 0.05) is 58.8 Å². The quantitative estimate of drug-likeness (QED) is 0.107. The van der Waals surface area contributed by atoms with Crippen LogP contribution in [-0.4, -0.2) is 68.4 Å². The molecule has 0 bridgehead atoms. The maximum absolute atomic E-state index is 11.4. The van der Waals surface area contributed by atoms with Crippen molar-refractivity contribution in [3.8, 4) is 5.75 Å². The Morgan fingerprint density at radius 3 is 1.69 bits per heavy atom. The van der Waals surface area contributed by atoms with Crippen molar-refractivity contribution in [1.82, 2.24) is 0 Å². The molecule has 9 heteroatoms. The van der Waals surface area contributed by atoms with Gasteiger partial charge in [-0.2, -0.15) is 0 Å². The lowest BCUT2D eigenvalue weighted by molar-refractivity contribution is -0.143. The molecule has 0 spiro atoms. The first-order valence-electron chi connectivity index (χ1n) is 19.5. The van der Waals surface area contributed by atoms with Crippen LogP contribution in [-0.2, 0) is 33.3 Å². The minimum absolute atomic E-state index is 0.0319. The molecular formula is C45H66O9. The van der Waals surface area contributed by atoms with E-state index in [4.69, 9.17) is 28.8 Å². The van der Waals surface area contributed by atoms with E-state index < -0.39 is 5.97 Å². The molecule has 4 rings (SSSR count). The van der Waals surface area contributed by atoms with Gasteiger partial charge in [0.05, 0.1) is 33.0 Å². The highest BCUT2D eigenvalue weighted by Gasteiger charge is 2.44. The summed E-state index contributed by atoms with van der Waals surface area (Å²) in [5.74, 6) is 1.15. The van der Waals surface area contributed by atoms with E-state index in [0.29, 0.717) is 59.1 Å². The summed E-state index contributed by atoms with van der Waals surface area (Å²) < 4.78 is 29.0. The van der Waals surface area contributed by atoms with Gasteiger partial charge in [-0.15, -0.1) is 0 Å². The summed E-state index contributed by atoms with van der Waals surface area (Å²) in [6, 6.07) is 15.6. The summed E-state index contributed by atoms with van der Waals surface area (Å²) in [4.78, 5) is 21.9. The molecule has 0 radical (unpaired) electrons. The molecule has 2 aromatic rings. The molecule has 0 saturated heterocycles. The molecule has 9 nitrogen and oxygen atoms in total. The number of benzene rings is 2. The molecule has 2 N–H and O–H groups in total. The number of esters is 1. The Balaban J connectivity index is 0.000000291. The molecule has 2 aliphatic rings. The fourth-order valence-electron chi connectivity index (χ4n) is 7.73. The Kier molecular flexibility index (Phi) is 16.2. The number of aliphatic carboxylic acids is 1. The molecule has 0 amide bonds. The molecule has 2 aromatic carbocycles. The number of hydrogen-bond donors (Lipinski definition) is 2. The second-order valence-electron chi connectivity index (χ2n) is 17.2. The largest absolute Gasteiger partial charge is 0.508 e. The Labute approximate surface area is 324 Å². The van der Waals surface area contributed by atoms with Crippen molar-refractivity contribution >= 4 is 23.5 Å². The lowest BCUT2D eigenvalue weighted by atomic mass is 9.70. The number of phenols is 1. The summed E-state index contributed by atoms with van der Waals surface area (Å²) in [6.07, 6.45) is 3.66. The number of aromatic hydroxyl groups is 1. The number of unbranched alkanes of at least 4 members (excludes halogenated alkanes) is 2. The van der Waals surface area contributed by atoms with E-state index in [1.807, 2.05) is 19.1 Å². The van der Waals surface area contributed by atoms with E-state index in [1.165, 1.54) is 16.7 Å². The summed E-state index contributed by atoms with van der Waals surface area (Å²) in [7, 11) is 0. The van der Waals surface area contributed by atoms with Crippen molar-refractivity contribution in [2.24, 2.45) is 21.7 Å². The van der Waals surface area contributed by atoms with Crippen LogP contribution >= 0.6 is 0 Å². The van der Waals surface area contributed by atoms with Crippen LogP contribution in [0.3, 0.4) is 0 Å². The lowest BCUT2D eigenvalue weighted by Crippen LogP contribution is -2.31. The van der Waals surface area contributed by atoms with Gasteiger partial charge >= 0.3 is 11.9 Å². The molecule has 2 heterocycles. The molecule has 2 aliphatic heterocycles. The number of phenolic OH excluding ortho intramolecular Hbond substituents is 1. The van der Waals surface area contributed by atoms with E-state index >= 15 is 0 Å². The molecule has 0 fully saturated rings. The van der Waals surface area contributed by atoms with Gasteiger partial charge in [0.1, 0.15) is 17.3 Å². The molecular weight excluding hydrogens is 684 g/mol. The van der Waals surface area contributed by atoms with Gasteiger partial charge in [0.25, 0.3) is 0 Å². The van der Waals surface area contributed by atoms with Crippen LogP contribution in [0.4, 0.5) is 0 Å². The maximum Gasteiger partial charge on any atom is 0.305 e. The van der Waals surface area contributed by atoms with Gasteiger partial charge in [-0.3, -0.25) is 9.59 Å². The topological polar surface area (TPSA) is 121 Å². The summed E-state index contributed by atoms with van der Waals surface area (Å²) in [5, 5.41) is 18.5.